The molecule has 1 aliphatic rings. The van der Waals surface area contributed by atoms with Crippen LogP contribution >= 0.6 is 11.8 Å². The molecule has 1 fully saturated rings. The van der Waals surface area contributed by atoms with E-state index in [4.69, 9.17) is 0 Å². The Morgan fingerprint density at radius 1 is 1.00 bits per heavy atom. The second kappa shape index (κ2) is 8.60. The van der Waals surface area contributed by atoms with Gasteiger partial charge >= 0.3 is 0 Å². The second-order valence-corrected chi connectivity index (χ2v) is 8.55. The molecule has 0 saturated heterocycles. The molecule has 3 rings (SSSR count). The zero-order valence-electron chi connectivity index (χ0n) is 16.3. The third kappa shape index (κ3) is 4.22. The van der Waals surface area contributed by atoms with Crippen molar-refractivity contribution in [3.05, 3.63) is 52.8 Å². The van der Waals surface area contributed by atoms with Crippen molar-refractivity contribution in [1.82, 2.24) is 4.90 Å². The highest BCUT2D eigenvalue weighted by Gasteiger charge is 2.24. The zero-order valence-corrected chi connectivity index (χ0v) is 17.1. The summed E-state index contributed by atoms with van der Waals surface area (Å²) in [6, 6.07) is 6.14. The molecular formula is C22H24F3NOS. The Morgan fingerprint density at radius 3 is 2.29 bits per heavy atom. The van der Waals surface area contributed by atoms with Gasteiger partial charge in [0.2, 0.25) is 0 Å². The predicted molar refractivity (Wildman–Crippen MR) is 107 cm³/mol. The number of amides is 1. The van der Waals surface area contributed by atoms with Gasteiger partial charge in [0.05, 0.1) is 4.90 Å². The van der Waals surface area contributed by atoms with Crippen LogP contribution in [0.5, 0.6) is 0 Å². The van der Waals surface area contributed by atoms with E-state index < -0.39 is 17.5 Å². The molecule has 0 aromatic heterocycles. The van der Waals surface area contributed by atoms with Crippen LogP contribution in [-0.4, -0.2) is 24.2 Å². The lowest BCUT2D eigenvalue weighted by Gasteiger charge is -2.18. The fourth-order valence-corrected chi connectivity index (χ4v) is 4.49. The SMILES string of the molecule is Cc1ccc(-c2ccc(CC3CCCC3)c(F)c2SC(=O)N(C)C)c(F)c1F. The van der Waals surface area contributed by atoms with Crippen LogP contribution in [0.2, 0.25) is 0 Å². The average molecular weight is 408 g/mol. The maximum Gasteiger partial charge on any atom is 0.286 e. The molecule has 1 amide bonds. The largest absolute Gasteiger partial charge is 0.339 e. The lowest BCUT2D eigenvalue weighted by molar-refractivity contribution is 0.241. The summed E-state index contributed by atoms with van der Waals surface area (Å²) in [6.07, 6.45) is 5.04. The third-order valence-electron chi connectivity index (χ3n) is 5.28. The second-order valence-electron chi connectivity index (χ2n) is 7.59. The standard InChI is InChI=1S/C22H24F3NOS/c1-13-8-10-16(20(25)18(13)23)17-11-9-15(12-14-6-4-5-7-14)19(24)21(17)28-22(27)26(2)3/h8-11,14H,4-7,12H2,1-3H3. The molecule has 0 spiro atoms. The minimum atomic E-state index is -1.03. The quantitative estimate of drug-likeness (QED) is 0.533. The molecule has 0 N–H and O–H groups in total. The van der Waals surface area contributed by atoms with Gasteiger partial charge in [0.25, 0.3) is 5.24 Å². The van der Waals surface area contributed by atoms with Crippen LogP contribution in [0, 0.1) is 30.3 Å². The van der Waals surface area contributed by atoms with Crippen LogP contribution in [0.3, 0.4) is 0 Å². The van der Waals surface area contributed by atoms with Gasteiger partial charge in [0.15, 0.2) is 11.6 Å². The van der Waals surface area contributed by atoms with Gasteiger partial charge in [-0.2, -0.15) is 0 Å². The van der Waals surface area contributed by atoms with Gasteiger partial charge < -0.3 is 4.90 Å². The normalized spacial score (nSPS) is 14.5. The van der Waals surface area contributed by atoms with Crippen LogP contribution in [0.1, 0.15) is 36.8 Å². The Balaban J connectivity index is 2.09. The summed E-state index contributed by atoms with van der Waals surface area (Å²) in [7, 11) is 3.14. The number of benzene rings is 2. The van der Waals surface area contributed by atoms with Crippen LogP contribution in [0.25, 0.3) is 11.1 Å². The number of rotatable bonds is 4. The Bertz CT molecular complexity index is 892. The third-order valence-corrected chi connectivity index (χ3v) is 6.42. The summed E-state index contributed by atoms with van der Waals surface area (Å²) >= 11 is 0.714. The highest BCUT2D eigenvalue weighted by atomic mass is 32.2. The van der Waals surface area contributed by atoms with E-state index in [2.05, 4.69) is 0 Å². The van der Waals surface area contributed by atoms with Gasteiger partial charge in [-0.1, -0.05) is 49.9 Å². The molecule has 2 aromatic carbocycles. The van der Waals surface area contributed by atoms with E-state index >= 15 is 4.39 Å². The first-order chi connectivity index (χ1) is 13.3. The van der Waals surface area contributed by atoms with Gasteiger partial charge in [-0.25, -0.2) is 13.2 Å². The summed E-state index contributed by atoms with van der Waals surface area (Å²) in [5.41, 5.74) is 0.864. The van der Waals surface area contributed by atoms with Crippen LogP contribution < -0.4 is 0 Å². The molecule has 1 saturated carbocycles. The first-order valence-electron chi connectivity index (χ1n) is 9.45. The van der Waals surface area contributed by atoms with Crippen LogP contribution in [-0.2, 0) is 6.42 Å². The van der Waals surface area contributed by atoms with Crippen molar-refractivity contribution < 1.29 is 18.0 Å². The number of aryl methyl sites for hydroxylation is 1. The molecule has 0 unspecified atom stereocenters. The van der Waals surface area contributed by atoms with Crippen molar-refractivity contribution in [2.75, 3.05) is 14.1 Å². The minimum absolute atomic E-state index is 0.0385. The Labute approximate surface area is 168 Å². The van der Waals surface area contributed by atoms with Gasteiger partial charge in [-0.05, 0) is 42.2 Å². The smallest absolute Gasteiger partial charge is 0.286 e. The number of carbonyl (C=O) groups is 1. The monoisotopic (exact) mass is 407 g/mol. The molecule has 0 bridgehead atoms. The van der Waals surface area contributed by atoms with E-state index in [1.807, 2.05) is 0 Å². The minimum Gasteiger partial charge on any atom is -0.339 e. The number of hydrogen-bond acceptors (Lipinski definition) is 2. The topological polar surface area (TPSA) is 20.3 Å². The average Bonchev–Trinajstić information content (AvgIpc) is 3.17. The summed E-state index contributed by atoms with van der Waals surface area (Å²) in [6.45, 7) is 1.47. The van der Waals surface area contributed by atoms with E-state index in [1.165, 1.54) is 24.0 Å². The predicted octanol–water partition coefficient (Wildman–Crippen LogP) is 6.59. The summed E-state index contributed by atoms with van der Waals surface area (Å²) in [5, 5.41) is -0.369. The first-order valence-corrected chi connectivity index (χ1v) is 10.3. The van der Waals surface area contributed by atoms with Crippen molar-refractivity contribution in [3.63, 3.8) is 0 Å². The van der Waals surface area contributed by atoms with Crippen molar-refractivity contribution in [1.29, 1.82) is 0 Å². The van der Waals surface area contributed by atoms with Crippen LogP contribution in [0.15, 0.2) is 29.2 Å². The molecule has 0 atom stereocenters. The van der Waals surface area contributed by atoms with Gasteiger partial charge in [-0.15, -0.1) is 0 Å². The van der Waals surface area contributed by atoms with E-state index in [9.17, 15) is 13.6 Å². The molecule has 2 nitrogen and oxygen atoms in total. The lowest BCUT2D eigenvalue weighted by Crippen LogP contribution is -2.16. The fraction of sp³-hybridized carbons (Fsp3) is 0.409. The molecule has 1 aliphatic carbocycles. The molecular weight excluding hydrogens is 383 g/mol. The highest BCUT2D eigenvalue weighted by molar-refractivity contribution is 8.13. The molecule has 28 heavy (non-hydrogen) atoms. The van der Waals surface area contributed by atoms with Crippen molar-refractivity contribution in [2.45, 2.75) is 43.9 Å². The maximum absolute atomic E-state index is 15.4. The maximum atomic E-state index is 15.4. The van der Waals surface area contributed by atoms with E-state index in [1.54, 1.807) is 26.2 Å². The molecule has 6 heteroatoms. The molecule has 0 radical (unpaired) electrons. The van der Waals surface area contributed by atoms with Crippen molar-refractivity contribution in [2.24, 2.45) is 5.92 Å². The Kier molecular flexibility index (Phi) is 6.38. The fourth-order valence-electron chi connectivity index (χ4n) is 3.62. The molecule has 0 aliphatic heterocycles. The Morgan fingerprint density at radius 2 is 1.64 bits per heavy atom. The molecule has 150 valence electrons. The number of thioether (sulfide) groups is 1. The number of halogens is 3. The van der Waals surface area contributed by atoms with E-state index in [-0.39, 0.29) is 26.8 Å². The van der Waals surface area contributed by atoms with E-state index in [0.717, 1.165) is 25.7 Å². The highest BCUT2D eigenvalue weighted by Crippen LogP contribution is 2.39. The number of carbonyl (C=O) groups excluding carboxylic acids is 1. The van der Waals surface area contributed by atoms with Gasteiger partial charge in [-0.3, -0.25) is 4.79 Å². The zero-order chi connectivity index (χ0) is 20.4. The lowest BCUT2D eigenvalue weighted by atomic mass is 9.95. The van der Waals surface area contributed by atoms with Crippen molar-refractivity contribution in [3.8, 4) is 11.1 Å². The first kappa shape index (κ1) is 20.8. The summed E-state index contributed by atoms with van der Waals surface area (Å²) in [5.74, 6) is -2.06. The number of nitrogens with zero attached hydrogens (tertiary/aromatic N) is 1. The van der Waals surface area contributed by atoms with E-state index in [0.29, 0.717) is 29.7 Å². The van der Waals surface area contributed by atoms with Gasteiger partial charge in [0.1, 0.15) is 5.82 Å². The number of hydrogen-bond donors (Lipinski definition) is 0. The molecule has 0 heterocycles. The summed E-state index contributed by atoms with van der Waals surface area (Å²) < 4.78 is 44.1. The van der Waals surface area contributed by atoms with Gasteiger partial charge in [0, 0.05) is 25.2 Å². The molecule has 2 aromatic rings. The summed E-state index contributed by atoms with van der Waals surface area (Å²) in [4.78, 5) is 13.7. The van der Waals surface area contributed by atoms with Crippen molar-refractivity contribution >= 4 is 17.0 Å². The van der Waals surface area contributed by atoms with Crippen LogP contribution in [0.4, 0.5) is 18.0 Å². The Hall–Kier alpha value is -1.95.